The van der Waals surface area contributed by atoms with Crippen molar-refractivity contribution < 1.29 is 4.52 Å². The van der Waals surface area contributed by atoms with Crippen LogP contribution in [-0.2, 0) is 0 Å². The van der Waals surface area contributed by atoms with E-state index in [1.807, 2.05) is 53.8 Å². The summed E-state index contributed by atoms with van der Waals surface area (Å²) in [6.45, 7) is 2.04. The van der Waals surface area contributed by atoms with Crippen LogP contribution < -0.4 is 0 Å². The van der Waals surface area contributed by atoms with Crippen molar-refractivity contribution in [2.24, 2.45) is 0 Å². The Kier molecular flexibility index (Phi) is 2.30. The number of nitrogens with zero attached hydrogens (tertiary/aromatic N) is 2. The SMILES string of the molecule is Cc1ccc(-c2nc(I)no2)cc1. The lowest BCUT2D eigenvalue weighted by molar-refractivity contribution is 0.426. The lowest BCUT2D eigenvalue weighted by Gasteiger charge is -1.93. The van der Waals surface area contributed by atoms with Crippen LogP contribution in [0.3, 0.4) is 0 Å². The summed E-state index contributed by atoms with van der Waals surface area (Å²) < 4.78 is 5.65. The van der Waals surface area contributed by atoms with Crippen LogP contribution >= 0.6 is 22.6 Å². The number of aryl methyl sites for hydroxylation is 1. The summed E-state index contributed by atoms with van der Waals surface area (Å²) in [5.74, 6) is 0.574. The number of hydrogen-bond acceptors (Lipinski definition) is 3. The van der Waals surface area contributed by atoms with Crippen LogP contribution in [0.1, 0.15) is 5.56 Å². The van der Waals surface area contributed by atoms with Gasteiger partial charge in [0.15, 0.2) is 0 Å². The molecule has 0 aliphatic heterocycles. The molecule has 1 heterocycles. The van der Waals surface area contributed by atoms with Crippen molar-refractivity contribution in [2.45, 2.75) is 6.92 Å². The van der Waals surface area contributed by atoms with Crippen molar-refractivity contribution in [3.8, 4) is 11.5 Å². The zero-order chi connectivity index (χ0) is 9.26. The minimum atomic E-state index is 0.574. The van der Waals surface area contributed by atoms with E-state index in [1.54, 1.807) is 0 Å². The third-order valence-electron chi connectivity index (χ3n) is 1.70. The summed E-state index contributed by atoms with van der Waals surface area (Å²) in [5.41, 5.74) is 2.18. The third-order valence-corrected chi connectivity index (χ3v) is 2.14. The average molecular weight is 286 g/mol. The molecule has 0 spiro atoms. The van der Waals surface area contributed by atoms with Crippen LogP contribution in [0, 0.1) is 10.8 Å². The van der Waals surface area contributed by atoms with Gasteiger partial charge in [0.05, 0.1) is 0 Å². The Labute approximate surface area is 89.3 Å². The summed E-state index contributed by atoms with van der Waals surface area (Å²) in [5, 5.41) is 3.72. The Morgan fingerprint density at radius 3 is 2.46 bits per heavy atom. The standard InChI is InChI=1S/C9H7IN2O/c1-6-2-4-7(5-3-6)8-11-9(10)12-13-8/h2-5H,1H3. The smallest absolute Gasteiger partial charge is 0.258 e. The molecule has 0 saturated heterocycles. The van der Waals surface area contributed by atoms with E-state index in [1.165, 1.54) is 5.56 Å². The lowest BCUT2D eigenvalue weighted by atomic mass is 10.1. The van der Waals surface area contributed by atoms with E-state index in [9.17, 15) is 0 Å². The molecule has 0 atom stereocenters. The van der Waals surface area contributed by atoms with Crippen molar-refractivity contribution in [3.05, 3.63) is 33.7 Å². The van der Waals surface area contributed by atoms with Gasteiger partial charge in [-0.25, -0.2) is 0 Å². The molecule has 0 radical (unpaired) electrons. The zero-order valence-electron chi connectivity index (χ0n) is 6.99. The van der Waals surface area contributed by atoms with E-state index in [2.05, 4.69) is 10.1 Å². The molecule has 1 aromatic heterocycles. The van der Waals surface area contributed by atoms with E-state index in [-0.39, 0.29) is 0 Å². The van der Waals surface area contributed by atoms with Gasteiger partial charge in [-0.15, -0.1) is 0 Å². The van der Waals surface area contributed by atoms with Gasteiger partial charge >= 0.3 is 0 Å². The second-order valence-corrected chi connectivity index (χ2v) is 3.70. The maximum atomic E-state index is 5.02. The van der Waals surface area contributed by atoms with Gasteiger partial charge in [0.1, 0.15) is 0 Å². The maximum Gasteiger partial charge on any atom is 0.258 e. The van der Waals surface area contributed by atoms with Crippen LogP contribution in [0.4, 0.5) is 0 Å². The molecule has 0 saturated carbocycles. The average Bonchev–Trinajstić information content (AvgIpc) is 2.53. The molecule has 13 heavy (non-hydrogen) atoms. The highest BCUT2D eigenvalue weighted by Gasteiger charge is 2.05. The van der Waals surface area contributed by atoms with Crippen molar-refractivity contribution in [3.63, 3.8) is 0 Å². The molecule has 0 aliphatic rings. The molecule has 0 bridgehead atoms. The molecule has 0 N–H and O–H groups in total. The third kappa shape index (κ3) is 1.88. The van der Waals surface area contributed by atoms with E-state index < -0.39 is 0 Å². The number of halogens is 1. The van der Waals surface area contributed by atoms with Gasteiger partial charge in [0.25, 0.3) is 5.89 Å². The number of benzene rings is 1. The van der Waals surface area contributed by atoms with Crippen LogP contribution in [0.25, 0.3) is 11.5 Å². The Hall–Kier alpha value is -0.910. The summed E-state index contributed by atoms with van der Waals surface area (Å²) in [4.78, 5) is 4.12. The highest BCUT2D eigenvalue weighted by Crippen LogP contribution is 2.17. The fourth-order valence-corrected chi connectivity index (χ4v) is 1.34. The molecule has 4 heteroatoms. The van der Waals surface area contributed by atoms with Gasteiger partial charge in [-0.3, -0.25) is 0 Å². The Morgan fingerprint density at radius 1 is 1.23 bits per heavy atom. The highest BCUT2D eigenvalue weighted by molar-refractivity contribution is 14.1. The highest BCUT2D eigenvalue weighted by atomic mass is 127. The van der Waals surface area contributed by atoms with Gasteiger partial charge < -0.3 is 4.52 Å². The topological polar surface area (TPSA) is 38.9 Å². The fraction of sp³-hybridized carbons (Fsp3) is 0.111. The summed E-state index contributed by atoms with van der Waals surface area (Å²) >= 11 is 2.02. The molecular weight excluding hydrogens is 279 g/mol. The monoisotopic (exact) mass is 286 g/mol. The fourth-order valence-electron chi connectivity index (χ4n) is 1.02. The predicted molar refractivity (Wildman–Crippen MR) is 57.2 cm³/mol. The normalized spacial score (nSPS) is 10.3. The Balaban J connectivity index is 2.41. The van der Waals surface area contributed by atoms with Crippen molar-refractivity contribution in [1.82, 2.24) is 10.1 Å². The number of hydrogen-bond donors (Lipinski definition) is 0. The second-order valence-electron chi connectivity index (χ2n) is 2.73. The molecule has 0 aliphatic carbocycles. The molecule has 2 rings (SSSR count). The van der Waals surface area contributed by atoms with Crippen molar-refractivity contribution in [1.29, 1.82) is 0 Å². The first-order chi connectivity index (χ1) is 6.25. The summed E-state index contributed by atoms with van der Waals surface area (Å²) in [6, 6.07) is 7.98. The van der Waals surface area contributed by atoms with E-state index in [0.717, 1.165) is 5.56 Å². The Morgan fingerprint density at radius 2 is 1.92 bits per heavy atom. The summed E-state index contributed by atoms with van der Waals surface area (Å²) in [7, 11) is 0. The van der Waals surface area contributed by atoms with Gasteiger partial charge in [-0.2, -0.15) is 4.98 Å². The van der Waals surface area contributed by atoms with E-state index in [4.69, 9.17) is 4.52 Å². The molecule has 0 amide bonds. The molecule has 3 nitrogen and oxygen atoms in total. The van der Waals surface area contributed by atoms with Crippen LogP contribution in [0.5, 0.6) is 0 Å². The van der Waals surface area contributed by atoms with Crippen LogP contribution in [0.2, 0.25) is 0 Å². The minimum absolute atomic E-state index is 0.574. The molecule has 0 unspecified atom stereocenters. The quantitative estimate of drug-likeness (QED) is 0.756. The predicted octanol–water partition coefficient (Wildman–Crippen LogP) is 2.65. The lowest BCUT2D eigenvalue weighted by Crippen LogP contribution is -1.78. The zero-order valence-corrected chi connectivity index (χ0v) is 9.15. The van der Waals surface area contributed by atoms with Gasteiger partial charge in [-0.05, 0) is 19.1 Å². The van der Waals surface area contributed by atoms with Crippen LogP contribution in [0.15, 0.2) is 28.8 Å². The van der Waals surface area contributed by atoms with Crippen molar-refractivity contribution in [2.75, 3.05) is 0 Å². The van der Waals surface area contributed by atoms with E-state index in [0.29, 0.717) is 9.72 Å². The summed E-state index contributed by atoms with van der Waals surface area (Å²) in [6.07, 6.45) is 0. The first-order valence-electron chi connectivity index (χ1n) is 3.82. The minimum Gasteiger partial charge on any atom is -0.333 e. The largest absolute Gasteiger partial charge is 0.333 e. The molecule has 1 aromatic carbocycles. The first-order valence-corrected chi connectivity index (χ1v) is 4.90. The van der Waals surface area contributed by atoms with Crippen LogP contribution in [-0.4, -0.2) is 10.1 Å². The van der Waals surface area contributed by atoms with Gasteiger partial charge in [0, 0.05) is 28.2 Å². The Bertz CT molecular complexity index is 408. The van der Waals surface area contributed by atoms with Gasteiger partial charge in [0.2, 0.25) is 3.83 Å². The van der Waals surface area contributed by atoms with E-state index >= 15 is 0 Å². The first kappa shape index (κ1) is 8.68. The maximum absolute atomic E-state index is 5.02. The molecule has 66 valence electrons. The second kappa shape index (κ2) is 3.45. The molecule has 0 fully saturated rings. The number of rotatable bonds is 1. The molecular formula is C9H7IN2O. The van der Waals surface area contributed by atoms with Crippen molar-refractivity contribution >= 4 is 22.6 Å². The molecule has 2 aromatic rings. The number of aromatic nitrogens is 2. The van der Waals surface area contributed by atoms with Gasteiger partial charge in [-0.1, -0.05) is 22.9 Å².